The second-order valence-electron chi connectivity index (χ2n) is 3.04. The van der Waals surface area contributed by atoms with Crippen molar-refractivity contribution in [1.29, 1.82) is 5.26 Å². The minimum Gasteiger partial charge on any atom is -0.482 e. The number of fused-ring (bicyclic) bond motifs is 1. The number of carbonyl (C=O) groups excluding carboxylic acids is 1. The summed E-state index contributed by atoms with van der Waals surface area (Å²) in [5, 5.41) is 8.67. The van der Waals surface area contributed by atoms with Crippen molar-refractivity contribution in [3.63, 3.8) is 0 Å². The minimum absolute atomic E-state index is 0.0401. The van der Waals surface area contributed by atoms with Crippen molar-refractivity contribution in [2.24, 2.45) is 0 Å². The highest BCUT2D eigenvalue weighted by atomic mass is 16.5. The minimum atomic E-state index is -0.0813. The summed E-state index contributed by atoms with van der Waals surface area (Å²) in [6.45, 7) is 0.0401. The van der Waals surface area contributed by atoms with Gasteiger partial charge in [-0.05, 0) is 12.1 Å². The molecule has 1 aromatic rings. The van der Waals surface area contributed by atoms with E-state index in [-0.39, 0.29) is 12.5 Å². The molecule has 1 heterocycles. The molecular weight excluding hydrogens is 180 g/mol. The first-order chi connectivity index (χ1) is 6.72. The number of benzene rings is 1. The van der Waals surface area contributed by atoms with Crippen LogP contribution in [0.15, 0.2) is 18.2 Å². The van der Waals surface area contributed by atoms with Crippen LogP contribution in [-0.2, 0) is 4.79 Å². The van der Waals surface area contributed by atoms with Gasteiger partial charge in [-0.15, -0.1) is 0 Å². The van der Waals surface area contributed by atoms with Crippen LogP contribution in [0.2, 0.25) is 0 Å². The Morgan fingerprint density at radius 1 is 1.57 bits per heavy atom. The summed E-state index contributed by atoms with van der Waals surface area (Å²) < 4.78 is 5.21. The number of nitrogens with zero attached hydrogens (tertiary/aromatic N) is 2. The maximum atomic E-state index is 11.2. The van der Waals surface area contributed by atoms with Gasteiger partial charge in [0.2, 0.25) is 0 Å². The van der Waals surface area contributed by atoms with E-state index in [0.717, 1.165) is 0 Å². The normalized spacial score (nSPS) is 14.3. The Balaban J connectivity index is 2.50. The molecule has 0 bridgehead atoms. The number of carbonyl (C=O) groups is 1. The highest BCUT2D eigenvalue weighted by molar-refractivity contribution is 5.97. The number of rotatable bonds is 0. The van der Waals surface area contributed by atoms with Crippen LogP contribution in [0.4, 0.5) is 5.69 Å². The maximum Gasteiger partial charge on any atom is 0.264 e. The number of anilines is 1. The fraction of sp³-hybridized carbons (Fsp3) is 0.200. The van der Waals surface area contributed by atoms with Gasteiger partial charge in [0, 0.05) is 13.1 Å². The molecule has 0 aromatic heterocycles. The molecule has 0 aliphatic carbocycles. The summed E-state index contributed by atoms with van der Waals surface area (Å²) in [6.07, 6.45) is 0. The number of nitriles is 1. The van der Waals surface area contributed by atoms with Crippen molar-refractivity contribution in [3.05, 3.63) is 23.8 Å². The molecule has 0 unspecified atom stereocenters. The van der Waals surface area contributed by atoms with Gasteiger partial charge in [-0.3, -0.25) is 4.79 Å². The Kier molecular flexibility index (Phi) is 1.86. The summed E-state index contributed by atoms with van der Waals surface area (Å²) in [6, 6.07) is 7.03. The van der Waals surface area contributed by atoms with Gasteiger partial charge in [0.05, 0.1) is 17.3 Å². The third-order valence-electron chi connectivity index (χ3n) is 2.18. The summed E-state index contributed by atoms with van der Waals surface area (Å²) in [7, 11) is 1.69. The molecule has 70 valence electrons. The van der Waals surface area contributed by atoms with Crippen molar-refractivity contribution in [2.45, 2.75) is 0 Å². The molecule has 0 atom stereocenters. The van der Waals surface area contributed by atoms with Gasteiger partial charge in [0.1, 0.15) is 5.75 Å². The Labute approximate surface area is 81.3 Å². The predicted octanol–water partition coefficient (Wildman–Crippen LogP) is 0.913. The van der Waals surface area contributed by atoms with Crippen molar-refractivity contribution in [1.82, 2.24) is 0 Å². The molecule has 0 saturated heterocycles. The van der Waals surface area contributed by atoms with E-state index in [1.165, 1.54) is 4.90 Å². The molecule has 0 fully saturated rings. The topological polar surface area (TPSA) is 53.3 Å². The Hall–Kier alpha value is -2.02. The van der Waals surface area contributed by atoms with Crippen LogP contribution in [0.3, 0.4) is 0 Å². The van der Waals surface area contributed by atoms with Crippen LogP contribution in [0.1, 0.15) is 5.56 Å². The molecule has 14 heavy (non-hydrogen) atoms. The second kappa shape index (κ2) is 3.04. The standard InChI is InChI=1S/C10H8N2O2/c1-12-8-3-2-7(5-11)4-9(8)14-6-10(12)13/h2-4H,6H2,1H3. The molecule has 1 aromatic carbocycles. The van der Waals surface area contributed by atoms with Gasteiger partial charge in [-0.25, -0.2) is 0 Å². The average molecular weight is 188 g/mol. The van der Waals surface area contributed by atoms with Crippen LogP contribution >= 0.6 is 0 Å². The first-order valence-corrected chi connectivity index (χ1v) is 4.16. The van der Waals surface area contributed by atoms with E-state index in [9.17, 15) is 4.79 Å². The molecule has 2 rings (SSSR count). The van der Waals surface area contributed by atoms with Gasteiger partial charge >= 0.3 is 0 Å². The van der Waals surface area contributed by atoms with Crippen LogP contribution in [0.5, 0.6) is 5.75 Å². The lowest BCUT2D eigenvalue weighted by atomic mass is 10.2. The van der Waals surface area contributed by atoms with Crippen molar-refractivity contribution >= 4 is 11.6 Å². The zero-order chi connectivity index (χ0) is 10.1. The number of hydrogen-bond donors (Lipinski definition) is 0. The summed E-state index contributed by atoms with van der Waals surface area (Å²) in [5.41, 5.74) is 1.24. The van der Waals surface area contributed by atoms with Crippen molar-refractivity contribution in [2.75, 3.05) is 18.6 Å². The number of ether oxygens (including phenoxy) is 1. The maximum absolute atomic E-state index is 11.2. The third kappa shape index (κ3) is 1.19. The van der Waals surface area contributed by atoms with Crippen molar-refractivity contribution < 1.29 is 9.53 Å². The molecule has 0 saturated carbocycles. The molecule has 1 aliphatic rings. The lowest BCUT2D eigenvalue weighted by Gasteiger charge is -2.25. The average Bonchev–Trinajstić information content (AvgIpc) is 2.23. The SMILES string of the molecule is CN1C(=O)COc2cc(C#N)ccc21. The first kappa shape index (κ1) is 8.57. The van der Waals surface area contributed by atoms with Gasteiger partial charge in [0.25, 0.3) is 5.91 Å². The van der Waals surface area contributed by atoms with E-state index in [0.29, 0.717) is 17.0 Å². The van der Waals surface area contributed by atoms with E-state index in [1.807, 2.05) is 6.07 Å². The highest BCUT2D eigenvalue weighted by Gasteiger charge is 2.21. The molecule has 4 heteroatoms. The molecule has 0 spiro atoms. The smallest absolute Gasteiger partial charge is 0.264 e. The quantitative estimate of drug-likeness (QED) is 0.608. The van der Waals surface area contributed by atoms with Gasteiger partial charge < -0.3 is 9.64 Å². The zero-order valence-corrected chi connectivity index (χ0v) is 7.65. The highest BCUT2D eigenvalue weighted by Crippen LogP contribution is 2.31. The fourth-order valence-electron chi connectivity index (χ4n) is 1.35. The zero-order valence-electron chi connectivity index (χ0n) is 7.65. The molecule has 4 nitrogen and oxygen atoms in total. The van der Waals surface area contributed by atoms with E-state index >= 15 is 0 Å². The van der Waals surface area contributed by atoms with Crippen LogP contribution in [0, 0.1) is 11.3 Å². The lowest BCUT2D eigenvalue weighted by Crippen LogP contribution is -2.35. The second-order valence-corrected chi connectivity index (χ2v) is 3.04. The molecular formula is C10H8N2O2. The Morgan fingerprint density at radius 2 is 2.36 bits per heavy atom. The number of likely N-dealkylation sites (N-methyl/N-ethyl adjacent to an activating group) is 1. The lowest BCUT2D eigenvalue weighted by molar-refractivity contribution is -0.120. The Bertz CT molecular complexity index is 434. The monoisotopic (exact) mass is 188 g/mol. The number of amides is 1. The van der Waals surface area contributed by atoms with E-state index in [2.05, 4.69) is 0 Å². The predicted molar refractivity (Wildman–Crippen MR) is 50.1 cm³/mol. The molecule has 0 radical (unpaired) electrons. The fourth-order valence-corrected chi connectivity index (χ4v) is 1.35. The molecule has 1 aliphatic heterocycles. The van der Waals surface area contributed by atoms with Crippen LogP contribution < -0.4 is 9.64 Å². The van der Waals surface area contributed by atoms with Gasteiger partial charge in [-0.1, -0.05) is 0 Å². The third-order valence-corrected chi connectivity index (χ3v) is 2.18. The van der Waals surface area contributed by atoms with Gasteiger partial charge in [-0.2, -0.15) is 5.26 Å². The van der Waals surface area contributed by atoms with E-state index in [4.69, 9.17) is 10.00 Å². The first-order valence-electron chi connectivity index (χ1n) is 4.16. The largest absolute Gasteiger partial charge is 0.482 e. The Morgan fingerprint density at radius 3 is 3.07 bits per heavy atom. The van der Waals surface area contributed by atoms with Crippen molar-refractivity contribution in [3.8, 4) is 11.8 Å². The molecule has 0 N–H and O–H groups in total. The summed E-state index contributed by atoms with van der Waals surface area (Å²) >= 11 is 0. The van der Waals surface area contributed by atoms with Gasteiger partial charge in [0.15, 0.2) is 6.61 Å². The van der Waals surface area contributed by atoms with E-state index in [1.54, 1.807) is 25.2 Å². The van der Waals surface area contributed by atoms with E-state index < -0.39 is 0 Å². The summed E-state index contributed by atoms with van der Waals surface area (Å²) in [5.74, 6) is 0.508. The number of hydrogen-bond acceptors (Lipinski definition) is 3. The summed E-state index contributed by atoms with van der Waals surface area (Å²) in [4.78, 5) is 12.8. The van der Waals surface area contributed by atoms with Crippen LogP contribution in [-0.4, -0.2) is 19.6 Å². The molecule has 1 amide bonds. The van der Waals surface area contributed by atoms with Crippen LogP contribution in [0.25, 0.3) is 0 Å².